The highest BCUT2D eigenvalue weighted by molar-refractivity contribution is 7.90. The standard InChI is InChI=1S/C22H25N3O5S3/c1-14-10-15(2)13-25(12-14)33(29,30)17-6-4-16(5-7-17)21(26)24-22-23-19-9-8-18(32(3,27)28)11-20(19)31-22/h4-9,11,14-15H,10,12-13H2,1-3H3,(H,23,24,26)/t14-,15+. The lowest BCUT2D eigenvalue weighted by atomic mass is 9.94. The normalized spacial score (nSPS) is 20.1. The molecule has 2 heterocycles. The fourth-order valence-corrected chi connectivity index (χ4v) is 7.39. The van der Waals surface area contributed by atoms with Gasteiger partial charge in [0, 0.05) is 24.9 Å². The van der Waals surface area contributed by atoms with Crippen LogP contribution in [-0.4, -0.2) is 51.4 Å². The van der Waals surface area contributed by atoms with Crippen molar-refractivity contribution in [2.75, 3.05) is 24.7 Å². The Bertz CT molecular complexity index is 1400. The molecule has 1 aromatic heterocycles. The average molecular weight is 508 g/mol. The number of aromatic nitrogens is 1. The summed E-state index contributed by atoms with van der Waals surface area (Å²) < 4.78 is 51.7. The molecule has 1 amide bonds. The van der Waals surface area contributed by atoms with Crippen molar-refractivity contribution in [2.45, 2.75) is 30.1 Å². The van der Waals surface area contributed by atoms with Gasteiger partial charge in [0.15, 0.2) is 15.0 Å². The van der Waals surface area contributed by atoms with E-state index in [-0.39, 0.29) is 9.79 Å². The first kappa shape index (κ1) is 23.8. The summed E-state index contributed by atoms with van der Waals surface area (Å²) in [6.45, 7) is 5.09. The molecule has 4 rings (SSSR count). The number of sulfone groups is 1. The van der Waals surface area contributed by atoms with E-state index in [4.69, 9.17) is 0 Å². The fraction of sp³-hybridized carbons (Fsp3) is 0.364. The average Bonchev–Trinajstić information content (AvgIpc) is 3.14. The molecule has 2 atom stereocenters. The monoisotopic (exact) mass is 507 g/mol. The zero-order valence-electron chi connectivity index (χ0n) is 18.5. The van der Waals surface area contributed by atoms with Gasteiger partial charge in [-0.1, -0.05) is 25.2 Å². The number of nitrogens with one attached hydrogen (secondary N) is 1. The topological polar surface area (TPSA) is 114 Å². The van der Waals surface area contributed by atoms with E-state index in [1.165, 1.54) is 52.0 Å². The summed E-state index contributed by atoms with van der Waals surface area (Å²) in [6.07, 6.45) is 2.14. The molecule has 3 aromatic rings. The van der Waals surface area contributed by atoms with Crippen LogP contribution in [0.5, 0.6) is 0 Å². The number of amides is 1. The van der Waals surface area contributed by atoms with Gasteiger partial charge in [-0.05, 0) is 60.7 Å². The SMILES string of the molecule is C[C@@H]1C[C@H](C)CN(S(=O)(=O)c2ccc(C(=O)Nc3nc4ccc(S(C)(=O)=O)cc4s3)cc2)C1. The summed E-state index contributed by atoms with van der Waals surface area (Å²) in [5.74, 6) is 0.174. The minimum Gasteiger partial charge on any atom is -0.298 e. The summed E-state index contributed by atoms with van der Waals surface area (Å²) >= 11 is 1.17. The van der Waals surface area contributed by atoms with Crippen LogP contribution in [0.3, 0.4) is 0 Å². The van der Waals surface area contributed by atoms with Crippen LogP contribution in [0, 0.1) is 11.8 Å². The number of sulfonamides is 1. The lowest BCUT2D eigenvalue weighted by Crippen LogP contribution is -2.42. The minimum atomic E-state index is -3.62. The van der Waals surface area contributed by atoms with Gasteiger partial charge in [-0.15, -0.1) is 0 Å². The van der Waals surface area contributed by atoms with Gasteiger partial charge in [0.2, 0.25) is 10.0 Å². The van der Waals surface area contributed by atoms with Crippen LogP contribution in [0.15, 0.2) is 52.3 Å². The molecule has 1 aliphatic rings. The molecular formula is C22H25N3O5S3. The number of carbonyl (C=O) groups is 1. The summed E-state index contributed by atoms with van der Waals surface area (Å²) in [7, 11) is -6.96. The number of rotatable bonds is 5. The third-order valence-electron chi connectivity index (χ3n) is 5.60. The van der Waals surface area contributed by atoms with E-state index >= 15 is 0 Å². The van der Waals surface area contributed by atoms with E-state index in [1.807, 2.05) is 0 Å². The van der Waals surface area contributed by atoms with Gasteiger partial charge in [0.1, 0.15) is 0 Å². The van der Waals surface area contributed by atoms with Crippen LogP contribution in [0.4, 0.5) is 5.13 Å². The molecule has 0 unspecified atom stereocenters. The Labute approximate surface area is 197 Å². The molecule has 0 bridgehead atoms. The smallest absolute Gasteiger partial charge is 0.257 e. The Morgan fingerprint density at radius 2 is 1.61 bits per heavy atom. The van der Waals surface area contributed by atoms with Crippen LogP contribution in [-0.2, 0) is 19.9 Å². The summed E-state index contributed by atoms with van der Waals surface area (Å²) in [6, 6.07) is 10.5. The highest BCUT2D eigenvalue weighted by Gasteiger charge is 2.31. The second-order valence-corrected chi connectivity index (χ2v) is 13.7. The quantitative estimate of drug-likeness (QED) is 0.564. The molecule has 33 heavy (non-hydrogen) atoms. The van der Waals surface area contributed by atoms with Gasteiger partial charge in [0.25, 0.3) is 5.91 Å². The van der Waals surface area contributed by atoms with Gasteiger partial charge in [-0.3, -0.25) is 10.1 Å². The van der Waals surface area contributed by atoms with Crippen molar-refractivity contribution >= 4 is 52.5 Å². The number of thiazole rings is 1. The molecule has 8 nitrogen and oxygen atoms in total. The Balaban J connectivity index is 1.50. The van der Waals surface area contributed by atoms with Crippen molar-refractivity contribution in [2.24, 2.45) is 11.8 Å². The van der Waals surface area contributed by atoms with E-state index < -0.39 is 25.8 Å². The number of benzene rings is 2. The first-order valence-corrected chi connectivity index (χ1v) is 14.6. The fourth-order valence-electron chi connectivity index (χ4n) is 4.09. The molecule has 0 saturated carbocycles. The number of fused-ring (bicyclic) bond motifs is 1. The Kier molecular flexibility index (Phi) is 6.34. The minimum absolute atomic E-state index is 0.161. The molecular weight excluding hydrogens is 482 g/mol. The van der Waals surface area contributed by atoms with Crippen molar-refractivity contribution in [3.05, 3.63) is 48.0 Å². The molecule has 11 heteroatoms. The Hall–Kier alpha value is -2.34. The lowest BCUT2D eigenvalue weighted by molar-refractivity contribution is 0.102. The first-order valence-electron chi connectivity index (χ1n) is 10.5. The number of nitrogens with zero attached hydrogens (tertiary/aromatic N) is 2. The number of carbonyl (C=O) groups excluding carboxylic acids is 1. The largest absolute Gasteiger partial charge is 0.298 e. The highest BCUT2D eigenvalue weighted by atomic mass is 32.2. The van der Waals surface area contributed by atoms with Gasteiger partial charge < -0.3 is 0 Å². The van der Waals surface area contributed by atoms with Crippen molar-refractivity contribution in [1.82, 2.24) is 9.29 Å². The molecule has 1 fully saturated rings. The molecule has 1 N–H and O–H groups in total. The van der Waals surface area contributed by atoms with Crippen LogP contribution in [0.25, 0.3) is 10.2 Å². The molecule has 2 aromatic carbocycles. The maximum Gasteiger partial charge on any atom is 0.257 e. The molecule has 0 radical (unpaired) electrons. The Morgan fingerprint density at radius 3 is 2.21 bits per heavy atom. The zero-order valence-corrected chi connectivity index (χ0v) is 20.9. The van der Waals surface area contributed by atoms with E-state index in [0.29, 0.717) is 45.8 Å². The highest BCUT2D eigenvalue weighted by Crippen LogP contribution is 2.29. The van der Waals surface area contributed by atoms with Crippen LogP contribution < -0.4 is 5.32 Å². The van der Waals surface area contributed by atoms with Crippen LogP contribution in [0.1, 0.15) is 30.6 Å². The van der Waals surface area contributed by atoms with E-state index in [9.17, 15) is 21.6 Å². The molecule has 1 saturated heterocycles. The predicted octanol–water partition coefficient (Wildman–Crippen LogP) is 3.62. The lowest BCUT2D eigenvalue weighted by Gasteiger charge is -2.34. The van der Waals surface area contributed by atoms with Gasteiger partial charge in [-0.25, -0.2) is 21.8 Å². The van der Waals surface area contributed by atoms with E-state index in [2.05, 4.69) is 24.1 Å². The van der Waals surface area contributed by atoms with Gasteiger partial charge in [0.05, 0.1) is 20.0 Å². The van der Waals surface area contributed by atoms with Gasteiger partial charge in [-0.2, -0.15) is 4.31 Å². The van der Waals surface area contributed by atoms with Crippen LogP contribution >= 0.6 is 11.3 Å². The van der Waals surface area contributed by atoms with Crippen molar-refractivity contribution < 1.29 is 21.6 Å². The molecule has 0 spiro atoms. The number of piperidine rings is 1. The van der Waals surface area contributed by atoms with E-state index in [1.54, 1.807) is 6.07 Å². The summed E-state index contributed by atoms with van der Waals surface area (Å²) in [5.41, 5.74) is 0.875. The second-order valence-electron chi connectivity index (χ2n) is 8.67. The maximum atomic E-state index is 13.0. The van der Waals surface area contributed by atoms with Crippen molar-refractivity contribution in [1.29, 1.82) is 0 Å². The number of anilines is 1. The van der Waals surface area contributed by atoms with Crippen molar-refractivity contribution in [3.8, 4) is 0 Å². The first-order chi connectivity index (χ1) is 15.4. The van der Waals surface area contributed by atoms with Crippen molar-refractivity contribution in [3.63, 3.8) is 0 Å². The zero-order chi connectivity index (χ0) is 24.0. The second kappa shape index (κ2) is 8.79. The summed E-state index contributed by atoms with van der Waals surface area (Å²) in [4.78, 5) is 17.3. The maximum absolute atomic E-state index is 13.0. The van der Waals surface area contributed by atoms with Crippen LogP contribution in [0.2, 0.25) is 0 Å². The molecule has 0 aliphatic carbocycles. The van der Waals surface area contributed by atoms with Gasteiger partial charge >= 0.3 is 0 Å². The molecule has 176 valence electrons. The Morgan fingerprint density at radius 1 is 1.00 bits per heavy atom. The predicted molar refractivity (Wildman–Crippen MR) is 129 cm³/mol. The third-order valence-corrected chi connectivity index (χ3v) is 9.49. The third kappa shape index (κ3) is 5.11. The summed E-state index contributed by atoms with van der Waals surface area (Å²) in [5, 5.41) is 3.03. The number of hydrogen-bond acceptors (Lipinski definition) is 7. The van der Waals surface area contributed by atoms with E-state index in [0.717, 1.165) is 12.7 Å². The number of hydrogen-bond donors (Lipinski definition) is 1. The molecule has 1 aliphatic heterocycles.